The van der Waals surface area contributed by atoms with Gasteiger partial charge in [-0.2, -0.15) is 0 Å². The summed E-state index contributed by atoms with van der Waals surface area (Å²) >= 11 is 0. The summed E-state index contributed by atoms with van der Waals surface area (Å²) in [6.07, 6.45) is 4.30. The van der Waals surface area contributed by atoms with E-state index in [9.17, 15) is 12.8 Å². The Kier molecular flexibility index (Phi) is 4.86. The molecule has 0 heterocycles. The van der Waals surface area contributed by atoms with Crippen molar-refractivity contribution < 1.29 is 12.8 Å². The Bertz CT molecular complexity index is 553. The van der Waals surface area contributed by atoms with Gasteiger partial charge in [0.15, 0.2) is 0 Å². The molecule has 0 saturated carbocycles. The molecule has 1 aromatic carbocycles. The van der Waals surface area contributed by atoms with Crippen LogP contribution in [0.3, 0.4) is 0 Å². The molecule has 0 aromatic heterocycles. The first-order chi connectivity index (χ1) is 8.38. The summed E-state index contributed by atoms with van der Waals surface area (Å²) in [6.45, 7) is 3.69. The van der Waals surface area contributed by atoms with Crippen molar-refractivity contribution in [2.45, 2.75) is 25.2 Å². The van der Waals surface area contributed by atoms with Crippen LogP contribution < -0.4 is 10.5 Å². The van der Waals surface area contributed by atoms with Crippen molar-refractivity contribution in [3.63, 3.8) is 0 Å². The van der Waals surface area contributed by atoms with Gasteiger partial charge in [0, 0.05) is 6.54 Å². The molecule has 0 aliphatic carbocycles. The lowest BCUT2D eigenvalue weighted by molar-refractivity contribution is 0.580. The van der Waals surface area contributed by atoms with Crippen molar-refractivity contribution in [2.24, 2.45) is 0 Å². The van der Waals surface area contributed by atoms with Crippen LogP contribution in [0.15, 0.2) is 29.2 Å². The van der Waals surface area contributed by atoms with E-state index in [4.69, 9.17) is 5.73 Å². The summed E-state index contributed by atoms with van der Waals surface area (Å²) in [4.78, 5) is 0.0156. The number of halogens is 1. The molecule has 0 fully saturated rings. The average Bonchev–Trinajstić information content (AvgIpc) is 2.29. The molecule has 0 unspecified atom stereocenters. The fraction of sp³-hybridized carbons (Fsp3) is 0.333. The van der Waals surface area contributed by atoms with Crippen LogP contribution in [0.2, 0.25) is 0 Å². The van der Waals surface area contributed by atoms with E-state index in [1.807, 2.05) is 19.1 Å². The topological polar surface area (TPSA) is 72.2 Å². The second-order valence-electron chi connectivity index (χ2n) is 3.89. The number of hydrogen-bond donors (Lipinski definition) is 2. The number of allylic oxidation sites excluding steroid dienone is 1. The summed E-state index contributed by atoms with van der Waals surface area (Å²) in [5.74, 6) is -0.611. The third kappa shape index (κ3) is 3.54. The van der Waals surface area contributed by atoms with Crippen LogP contribution in [-0.4, -0.2) is 15.0 Å². The number of anilines is 1. The highest BCUT2D eigenvalue weighted by molar-refractivity contribution is 7.89. The van der Waals surface area contributed by atoms with Crippen LogP contribution in [0.5, 0.6) is 0 Å². The van der Waals surface area contributed by atoms with E-state index in [-0.39, 0.29) is 10.6 Å². The van der Waals surface area contributed by atoms with Gasteiger partial charge in [0.2, 0.25) is 10.0 Å². The van der Waals surface area contributed by atoms with Crippen molar-refractivity contribution in [1.29, 1.82) is 0 Å². The number of nitrogen functional groups attached to an aromatic ring is 1. The lowest BCUT2D eigenvalue weighted by Gasteiger charge is -2.10. The van der Waals surface area contributed by atoms with Gasteiger partial charge in [-0.25, -0.2) is 17.5 Å². The summed E-state index contributed by atoms with van der Waals surface area (Å²) in [5.41, 5.74) is 5.55. The summed E-state index contributed by atoms with van der Waals surface area (Å²) < 4.78 is 39.5. The standard InChI is InChI=1S/C12H17FN2O2S/c1-3-4-5-6-15-18(16,17)12-8-11(14)10(13)7-9(12)2/h3-4,7-8,15H,5-6,14H2,1-2H3/b4-3+. The van der Waals surface area contributed by atoms with Crippen LogP contribution >= 0.6 is 0 Å². The maximum Gasteiger partial charge on any atom is 0.240 e. The smallest absolute Gasteiger partial charge is 0.240 e. The van der Waals surface area contributed by atoms with Gasteiger partial charge in [-0.05, 0) is 38.0 Å². The zero-order valence-electron chi connectivity index (χ0n) is 10.4. The summed E-state index contributed by atoms with van der Waals surface area (Å²) in [7, 11) is -3.64. The molecule has 0 aliphatic heterocycles. The quantitative estimate of drug-likeness (QED) is 0.489. The summed E-state index contributed by atoms with van der Waals surface area (Å²) in [5, 5.41) is 0. The molecule has 6 heteroatoms. The molecule has 1 rings (SSSR count). The Labute approximate surface area is 107 Å². The lowest BCUT2D eigenvalue weighted by Crippen LogP contribution is -2.25. The Balaban J connectivity index is 2.95. The molecule has 0 bridgehead atoms. The van der Waals surface area contributed by atoms with Crippen molar-refractivity contribution >= 4 is 15.7 Å². The Morgan fingerprint density at radius 3 is 2.72 bits per heavy atom. The van der Waals surface area contributed by atoms with E-state index in [1.165, 1.54) is 6.92 Å². The second-order valence-corrected chi connectivity index (χ2v) is 5.63. The van der Waals surface area contributed by atoms with E-state index >= 15 is 0 Å². The zero-order valence-corrected chi connectivity index (χ0v) is 11.2. The largest absolute Gasteiger partial charge is 0.396 e. The minimum atomic E-state index is -3.64. The number of sulfonamides is 1. The predicted octanol–water partition coefficient (Wildman–Crippen LogP) is 1.96. The van der Waals surface area contributed by atoms with Crippen LogP contribution in [-0.2, 0) is 10.0 Å². The zero-order chi connectivity index (χ0) is 13.8. The number of aryl methyl sites for hydroxylation is 1. The molecule has 100 valence electrons. The van der Waals surface area contributed by atoms with Gasteiger partial charge < -0.3 is 5.73 Å². The molecular formula is C12H17FN2O2S. The normalized spacial score (nSPS) is 12.2. The molecule has 0 amide bonds. The van der Waals surface area contributed by atoms with E-state index in [1.54, 1.807) is 0 Å². The van der Waals surface area contributed by atoms with Gasteiger partial charge in [-0.15, -0.1) is 0 Å². The van der Waals surface area contributed by atoms with E-state index < -0.39 is 15.8 Å². The number of nitrogens with two attached hydrogens (primary N) is 1. The molecule has 3 N–H and O–H groups in total. The maximum atomic E-state index is 13.2. The molecule has 18 heavy (non-hydrogen) atoms. The van der Waals surface area contributed by atoms with Gasteiger partial charge in [0.25, 0.3) is 0 Å². The second kappa shape index (κ2) is 5.97. The van der Waals surface area contributed by atoms with Crippen molar-refractivity contribution in [3.8, 4) is 0 Å². The number of hydrogen-bond acceptors (Lipinski definition) is 3. The molecule has 0 aliphatic rings. The Hall–Kier alpha value is -1.40. The Morgan fingerprint density at radius 1 is 1.44 bits per heavy atom. The number of nitrogens with one attached hydrogen (secondary N) is 1. The monoisotopic (exact) mass is 272 g/mol. The lowest BCUT2D eigenvalue weighted by atomic mass is 10.2. The fourth-order valence-corrected chi connectivity index (χ4v) is 2.79. The summed E-state index contributed by atoms with van der Waals surface area (Å²) in [6, 6.07) is 2.26. The van der Waals surface area contributed by atoms with Gasteiger partial charge in [-0.1, -0.05) is 12.2 Å². The highest BCUT2D eigenvalue weighted by Gasteiger charge is 2.17. The molecule has 0 atom stereocenters. The number of rotatable bonds is 5. The molecule has 4 nitrogen and oxygen atoms in total. The van der Waals surface area contributed by atoms with E-state index in [2.05, 4.69) is 4.72 Å². The first kappa shape index (κ1) is 14.7. The first-order valence-electron chi connectivity index (χ1n) is 5.55. The van der Waals surface area contributed by atoms with Gasteiger partial charge in [0.1, 0.15) is 5.82 Å². The maximum absolute atomic E-state index is 13.2. The minimum Gasteiger partial charge on any atom is -0.396 e. The van der Waals surface area contributed by atoms with Gasteiger partial charge in [-0.3, -0.25) is 0 Å². The highest BCUT2D eigenvalue weighted by Crippen LogP contribution is 2.21. The molecule has 0 radical (unpaired) electrons. The highest BCUT2D eigenvalue weighted by atomic mass is 32.2. The van der Waals surface area contributed by atoms with E-state index in [0.29, 0.717) is 18.5 Å². The molecule has 1 aromatic rings. The molecule has 0 spiro atoms. The third-order valence-electron chi connectivity index (χ3n) is 2.42. The van der Waals surface area contributed by atoms with Crippen LogP contribution in [0.25, 0.3) is 0 Å². The third-order valence-corrected chi connectivity index (χ3v) is 4.03. The van der Waals surface area contributed by atoms with E-state index in [0.717, 1.165) is 12.1 Å². The van der Waals surface area contributed by atoms with Crippen LogP contribution in [0.4, 0.5) is 10.1 Å². The van der Waals surface area contributed by atoms with Crippen molar-refractivity contribution in [1.82, 2.24) is 4.72 Å². The van der Waals surface area contributed by atoms with Crippen LogP contribution in [0.1, 0.15) is 18.9 Å². The van der Waals surface area contributed by atoms with Gasteiger partial charge in [0.05, 0.1) is 10.6 Å². The molecule has 0 saturated heterocycles. The minimum absolute atomic E-state index is 0.0156. The Morgan fingerprint density at radius 2 is 2.11 bits per heavy atom. The SMILES string of the molecule is C/C=C/CCNS(=O)(=O)c1cc(N)c(F)cc1C. The van der Waals surface area contributed by atoms with Crippen molar-refractivity contribution in [3.05, 3.63) is 35.7 Å². The van der Waals surface area contributed by atoms with Crippen molar-refractivity contribution in [2.75, 3.05) is 12.3 Å². The number of benzene rings is 1. The van der Waals surface area contributed by atoms with Crippen LogP contribution in [0, 0.1) is 12.7 Å². The predicted molar refractivity (Wildman–Crippen MR) is 70.2 cm³/mol. The first-order valence-corrected chi connectivity index (χ1v) is 7.03. The fourth-order valence-electron chi connectivity index (χ4n) is 1.48. The molecular weight excluding hydrogens is 255 g/mol. The average molecular weight is 272 g/mol. The van der Waals surface area contributed by atoms with Gasteiger partial charge >= 0.3 is 0 Å².